The van der Waals surface area contributed by atoms with Crippen molar-refractivity contribution in [1.29, 1.82) is 0 Å². The van der Waals surface area contributed by atoms with Crippen LogP contribution in [0, 0.1) is 17.8 Å². The topological polar surface area (TPSA) is 67.9 Å². The lowest BCUT2D eigenvalue weighted by Crippen LogP contribution is -2.33. The first-order valence-corrected chi connectivity index (χ1v) is 8.96. The molecule has 2 amide bonds. The fourth-order valence-corrected chi connectivity index (χ4v) is 3.07. The molecular weight excluding hydrogens is 356 g/mol. The van der Waals surface area contributed by atoms with Crippen LogP contribution >= 0.6 is 0 Å². The summed E-state index contributed by atoms with van der Waals surface area (Å²) in [6, 6.07) is 14.7. The third-order valence-electron chi connectivity index (χ3n) is 4.54. The van der Waals surface area contributed by atoms with Gasteiger partial charge in [0, 0.05) is 24.7 Å². The molecule has 1 aliphatic heterocycles. The van der Waals surface area contributed by atoms with Gasteiger partial charge in [0.25, 0.3) is 0 Å². The van der Waals surface area contributed by atoms with Gasteiger partial charge in [-0.3, -0.25) is 9.59 Å². The van der Waals surface area contributed by atoms with Gasteiger partial charge in [-0.15, -0.1) is 0 Å². The maximum Gasteiger partial charge on any atom is 0.227 e. The summed E-state index contributed by atoms with van der Waals surface area (Å²) in [5.41, 5.74) is 1.50. The minimum Gasteiger partial charge on any atom is -0.497 e. The Kier molecular flexibility index (Phi) is 6.18. The van der Waals surface area contributed by atoms with Gasteiger partial charge in [0.15, 0.2) is 0 Å². The Morgan fingerprint density at radius 1 is 1.18 bits per heavy atom. The molecule has 144 valence electrons. The molecule has 0 saturated carbocycles. The molecule has 6 heteroatoms. The maximum absolute atomic E-state index is 12.4. The number of ether oxygens (including phenoxy) is 2. The average molecular weight is 378 g/mol. The summed E-state index contributed by atoms with van der Waals surface area (Å²) in [4.78, 5) is 26.4. The lowest BCUT2D eigenvalue weighted by molar-refractivity contribution is -0.126. The van der Waals surface area contributed by atoms with E-state index in [0.29, 0.717) is 18.0 Å². The standard InChI is InChI=1S/C22H22N2O4/c1-27-19-10-5-9-18(14-19)24-15-17(13-21(24)25)22(26)23-12-6-8-16-7-3-4-11-20(16)28-2/h3-5,7,9-11,14,17H,12-13,15H2,1-2H3,(H,23,26). The fourth-order valence-electron chi connectivity index (χ4n) is 3.07. The Hall–Kier alpha value is -3.46. The predicted molar refractivity (Wildman–Crippen MR) is 106 cm³/mol. The van der Waals surface area contributed by atoms with E-state index in [2.05, 4.69) is 17.2 Å². The predicted octanol–water partition coefficient (Wildman–Crippen LogP) is 2.22. The second-order valence-corrected chi connectivity index (χ2v) is 6.33. The van der Waals surface area contributed by atoms with Crippen LogP contribution in [0.4, 0.5) is 5.69 Å². The number of methoxy groups -OCH3 is 2. The summed E-state index contributed by atoms with van der Waals surface area (Å²) in [6.07, 6.45) is 0.184. The molecule has 0 radical (unpaired) electrons. The normalized spacial score (nSPS) is 15.6. The Morgan fingerprint density at radius 3 is 2.79 bits per heavy atom. The van der Waals surface area contributed by atoms with Gasteiger partial charge in [0.2, 0.25) is 11.8 Å². The largest absolute Gasteiger partial charge is 0.497 e. The summed E-state index contributed by atoms with van der Waals surface area (Å²) in [5, 5.41) is 2.79. The van der Waals surface area contributed by atoms with Crippen molar-refractivity contribution in [3.05, 3.63) is 54.1 Å². The van der Waals surface area contributed by atoms with E-state index in [1.807, 2.05) is 42.5 Å². The summed E-state index contributed by atoms with van der Waals surface area (Å²) in [7, 11) is 3.17. The molecule has 1 atom stereocenters. The van der Waals surface area contributed by atoms with Gasteiger partial charge >= 0.3 is 0 Å². The van der Waals surface area contributed by atoms with E-state index < -0.39 is 5.92 Å². The first-order valence-electron chi connectivity index (χ1n) is 8.96. The van der Waals surface area contributed by atoms with E-state index in [0.717, 1.165) is 11.3 Å². The van der Waals surface area contributed by atoms with Gasteiger partial charge in [-0.25, -0.2) is 0 Å². The van der Waals surface area contributed by atoms with Crippen molar-refractivity contribution in [1.82, 2.24) is 5.32 Å². The number of carbonyl (C=O) groups is 2. The highest BCUT2D eigenvalue weighted by Gasteiger charge is 2.35. The highest BCUT2D eigenvalue weighted by Crippen LogP contribution is 2.27. The third kappa shape index (κ3) is 4.44. The highest BCUT2D eigenvalue weighted by atomic mass is 16.5. The minimum absolute atomic E-state index is 0.0755. The highest BCUT2D eigenvalue weighted by molar-refractivity contribution is 6.00. The molecule has 3 rings (SSSR count). The molecular formula is C22H22N2O4. The van der Waals surface area contributed by atoms with Crippen LogP contribution in [0.15, 0.2) is 48.5 Å². The number of hydrogen-bond acceptors (Lipinski definition) is 4. The van der Waals surface area contributed by atoms with Crippen molar-refractivity contribution in [3.63, 3.8) is 0 Å². The van der Waals surface area contributed by atoms with Crippen molar-refractivity contribution in [3.8, 4) is 23.3 Å². The van der Waals surface area contributed by atoms with Crippen LogP contribution < -0.4 is 19.7 Å². The van der Waals surface area contributed by atoms with Gasteiger partial charge in [0.1, 0.15) is 11.5 Å². The summed E-state index contributed by atoms with van der Waals surface area (Å²) in [5.74, 6) is 6.63. The van der Waals surface area contributed by atoms with Crippen molar-refractivity contribution in [2.75, 3.05) is 32.2 Å². The SMILES string of the molecule is COc1cccc(N2CC(C(=O)NCC#Cc3ccccc3OC)CC2=O)c1. The van der Waals surface area contributed by atoms with E-state index in [4.69, 9.17) is 9.47 Å². The lowest BCUT2D eigenvalue weighted by atomic mass is 10.1. The van der Waals surface area contributed by atoms with E-state index in [-0.39, 0.29) is 24.8 Å². The van der Waals surface area contributed by atoms with Gasteiger partial charge in [-0.1, -0.05) is 30.0 Å². The number of nitrogens with zero attached hydrogens (tertiary/aromatic N) is 1. The number of carbonyl (C=O) groups excluding carboxylic acids is 2. The van der Waals surface area contributed by atoms with Crippen LogP contribution in [0.25, 0.3) is 0 Å². The lowest BCUT2D eigenvalue weighted by Gasteiger charge is -2.17. The minimum atomic E-state index is -0.397. The fraction of sp³-hybridized carbons (Fsp3) is 0.273. The van der Waals surface area contributed by atoms with Crippen molar-refractivity contribution >= 4 is 17.5 Å². The first kappa shape index (κ1) is 19.3. The zero-order valence-corrected chi connectivity index (χ0v) is 15.9. The van der Waals surface area contributed by atoms with Crippen LogP contribution in [-0.4, -0.2) is 39.1 Å². The van der Waals surface area contributed by atoms with Crippen LogP contribution in [-0.2, 0) is 9.59 Å². The van der Waals surface area contributed by atoms with Gasteiger partial charge in [-0.05, 0) is 24.3 Å². The van der Waals surface area contributed by atoms with E-state index in [9.17, 15) is 9.59 Å². The number of para-hydroxylation sites is 1. The van der Waals surface area contributed by atoms with Crippen LogP contribution in [0.5, 0.6) is 11.5 Å². The Bertz CT molecular complexity index is 929. The molecule has 1 fully saturated rings. The second kappa shape index (κ2) is 8.96. The van der Waals surface area contributed by atoms with Crippen molar-refractivity contribution in [2.24, 2.45) is 5.92 Å². The average Bonchev–Trinajstić information content (AvgIpc) is 3.13. The van der Waals surface area contributed by atoms with E-state index in [1.165, 1.54) is 0 Å². The molecule has 0 spiro atoms. The summed E-state index contributed by atoms with van der Waals surface area (Å²) < 4.78 is 10.4. The smallest absolute Gasteiger partial charge is 0.227 e. The zero-order valence-electron chi connectivity index (χ0n) is 15.9. The quantitative estimate of drug-likeness (QED) is 0.811. The molecule has 2 aromatic rings. The summed E-state index contributed by atoms with van der Waals surface area (Å²) >= 11 is 0. The van der Waals surface area contributed by atoms with E-state index >= 15 is 0 Å². The first-order chi connectivity index (χ1) is 13.6. The zero-order chi connectivity index (χ0) is 19.9. The van der Waals surface area contributed by atoms with Crippen molar-refractivity contribution in [2.45, 2.75) is 6.42 Å². The molecule has 1 heterocycles. The van der Waals surface area contributed by atoms with Crippen molar-refractivity contribution < 1.29 is 19.1 Å². The number of rotatable bonds is 5. The van der Waals surface area contributed by atoms with Gasteiger partial charge in [-0.2, -0.15) is 0 Å². The molecule has 2 aromatic carbocycles. The maximum atomic E-state index is 12.4. The molecule has 1 unspecified atom stereocenters. The molecule has 28 heavy (non-hydrogen) atoms. The Morgan fingerprint density at radius 2 is 2.00 bits per heavy atom. The van der Waals surface area contributed by atoms with Crippen LogP contribution in [0.1, 0.15) is 12.0 Å². The van der Waals surface area contributed by atoms with Gasteiger partial charge in [0.05, 0.1) is 32.2 Å². The Labute approximate surface area is 164 Å². The molecule has 1 saturated heterocycles. The Balaban J connectivity index is 1.57. The molecule has 0 aliphatic carbocycles. The molecule has 6 nitrogen and oxygen atoms in total. The number of benzene rings is 2. The number of anilines is 1. The second-order valence-electron chi connectivity index (χ2n) is 6.33. The summed E-state index contributed by atoms with van der Waals surface area (Å²) in [6.45, 7) is 0.554. The molecule has 0 aromatic heterocycles. The third-order valence-corrected chi connectivity index (χ3v) is 4.54. The van der Waals surface area contributed by atoms with Crippen LogP contribution in [0.2, 0.25) is 0 Å². The monoisotopic (exact) mass is 378 g/mol. The van der Waals surface area contributed by atoms with E-state index in [1.54, 1.807) is 25.2 Å². The van der Waals surface area contributed by atoms with Crippen LogP contribution in [0.3, 0.4) is 0 Å². The molecule has 0 bridgehead atoms. The number of amides is 2. The molecule has 1 N–H and O–H groups in total. The number of nitrogens with one attached hydrogen (secondary N) is 1. The number of hydrogen-bond donors (Lipinski definition) is 1. The van der Waals surface area contributed by atoms with Gasteiger partial charge < -0.3 is 19.7 Å². The molecule has 1 aliphatic rings.